The average Bonchev–Trinajstić information content (AvgIpc) is 3.45. The van der Waals surface area contributed by atoms with Crippen LogP contribution in [-0.4, -0.2) is 38.3 Å². The number of Topliss-reactive ketones (excluding diaryl/α,β-unsaturated/α-hetero) is 1. The van der Waals surface area contributed by atoms with Crippen molar-refractivity contribution in [3.63, 3.8) is 0 Å². The van der Waals surface area contributed by atoms with Crippen LogP contribution in [0.3, 0.4) is 0 Å². The Morgan fingerprint density at radius 2 is 1.59 bits per heavy atom. The molecule has 37 heavy (non-hydrogen) atoms. The third-order valence-electron chi connectivity index (χ3n) is 7.07. The number of H-pyrrole nitrogens is 1. The van der Waals surface area contributed by atoms with Crippen molar-refractivity contribution in [3.8, 4) is 5.75 Å². The lowest BCUT2D eigenvalue weighted by Gasteiger charge is -2.25. The molecule has 5 aromatic rings. The third kappa shape index (κ3) is 3.83. The molecule has 1 amide bonds. The summed E-state index contributed by atoms with van der Waals surface area (Å²) in [5, 5.41) is 24.5. The van der Waals surface area contributed by atoms with E-state index in [1.165, 1.54) is 17.0 Å². The maximum Gasteiger partial charge on any atom is 0.295 e. The topological polar surface area (TPSA) is 93.6 Å². The van der Waals surface area contributed by atoms with Crippen molar-refractivity contribution < 1.29 is 19.8 Å². The number of para-hydroxylation sites is 1. The molecule has 6 heteroatoms. The third-order valence-corrected chi connectivity index (χ3v) is 7.07. The Balaban J connectivity index is 1.47. The zero-order valence-electron chi connectivity index (χ0n) is 19.9. The van der Waals surface area contributed by atoms with Crippen LogP contribution in [0.2, 0.25) is 0 Å². The first kappa shape index (κ1) is 22.6. The summed E-state index contributed by atoms with van der Waals surface area (Å²) < 4.78 is 0. The fraction of sp³-hybridized carbons (Fsp3) is 0.0968. The molecule has 6 rings (SSSR count). The highest BCUT2D eigenvalue weighted by Crippen LogP contribution is 2.41. The van der Waals surface area contributed by atoms with Crippen molar-refractivity contribution in [2.24, 2.45) is 0 Å². The molecule has 1 aliphatic rings. The molecule has 1 atom stereocenters. The Bertz CT molecular complexity index is 1710. The number of aromatic hydroxyl groups is 1. The number of phenols is 1. The first-order valence-corrected chi connectivity index (χ1v) is 12.1. The second-order valence-electron chi connectivity index (χ2n) is 9.22. The van der Waals surface area contributed by atoms with Gasteiger partial charge in [0, 0.05) is 29.2 Å². The quantitative estimate of drug-likeness (QED) is 0.168. The summed E-state index contributed by atoms with van der Waals surface area (Å²) in [6, 6.07) is 26.6. The number of fused-ring (bicyclic) bond motifs is 2. The largest absolute Gasteiger partial charge is 0.508 e. The molecule has 3 N–H and O–H groups in total. The number of phenolic OH excluding ortho intramolecular Hbond substituents is 1. The van der Waals surface area contributed by atoms with Crippen molar-refractivity contribution in [1.29, 1.82) is 0 Å². The molecule has 6 nitrogen and oxygen atoms in total. The number of amides is 1. The van der Waals surface area contributed by atoms with Crippen LogP contribution in [0.25, 0.3) is 27.4 Å². The highest BCUT2D eigenvalue weighted by molar-refractivity contribution is 6.46. The molecular formula is C31H24N2O4. The van der Waals surface area contributed by atoms with Crippen LogP contribution in [0.5, 0.6) is 5.75 Å². The van der Waals surface area contributed by atoms with Crippen molar-refractivity contribution in [2.75, 3.05) is 6.54 Å². The van der Waals surface area contributed by atoms with Crippen LogP contribution >= 0.6 is 0 Å². The van der Waals surface area contributed by atoms with Gasteiger partial charge in [0.25, 0.3) is 11.7 Å². The molecule has 1 aliphatic heterocycles. The zero-order chi connectivity index (χ0) is 25.5. The van der Waals surface area contributed by atoms with E-state index in [2.05, 4.69) is 4.98 Å². The number of aromatic nitrogens is 1. The molecular weight excluding hydrogens is 464 g/mol. The van der Waals surface area contributed by atoms with E-state index >= 15 is 0 Å². The summed E-state index contributed by atoms with van der Waals surface area (Å²) in [6.07, 6.45) is 2.43. The van der Waals surface area contributed by atoms with Gasteiger partial charge >= 0.3 is 0 Å². The fourth-order valence-corrected chi connectivity index (χ4v) is 5.31. The van der Waals surface area contributed by atoms with E-state index in [0.717, 1.165) is 27.2 Å². The van der Waals surface area contributed by atoms with Gasteiger partial charge in [0.1, 0.15) is 11.5 Å². The van der Waals surface area contributed by atoms with Gasteiger partial charge in [-0.1, -0.05) is 72.8 Å². The number of aromatic amines is 1. The first-order valence-electron chi connectivity index (χ1n) is 12.1. The Hall–Kier alpha value is -4.84. The summed E-state index contributed by atoms with van der Waals surface area (Å²) in [6.45, 7) is 0.263. The van der Waals surface area contributed by atoms with Crippen molar-refractivity contribution >= 4 is 39.1 Å². The van der Waals surface area contributed by atoms with E-state index in [-0.39, 0.29) is 23.6 Å². The fourth-order valence-electron chi connectivity index (χ4n) is 5.31. The number of nitrogens with one attached hydrogen (secondary N) is 1. The SMILES string of the molecule is O=C1C(=O)N(CCc2c[nH]c3ccccc23)C(c2cccc(O)c2)/C1=C(/O)c1cccc2ccccc12. The highest BCUT2D eigenvalue weighted by Gasteiger charge is 2.46. The first-order chi connectivity index (χ1) is 18.0. The smallest absolute Gasteiger partial charge is 0.295 e. The number of nitrogens with zero attached hydrogens (tertiary/aromatic N) is 1. The van der Waals surface area contributed by atoms with Gasteiger partial charge in [0.05, 0.1) is 11.6 Å². The maximum atomic E-state index is 13.4. The van der Waals surface area contributed by atoms with Crippen LogP contribution in [0.15, 0.2) is 103 Å². The van der Waals surface area contributed by atoms with Crippen LogP contribution in [-0.2, 0) is 16.0 Å². The standard InChI is InChI=1S/C31H24N2O4/c34-22-10-5-9-20(17-22)28-27(29(35)25-13-6-8-19-7-1-2-11-23(19)25)30(36)31(37)33(28)16-15-21-18-32-26-14-4-3-12-24(21)26/h1-14,17-18,28,32,34-35H,15-16H2/b29-27-. The van der Waals surface area contributed by atoms with Crippen LogP contribution in [0, 0.1) is 0 Å². The molecule has 1 unspecified atom stereocenters. The number of benzene rings is 4. The second kappa shape index (κ2) is 8.99. The highest BCUT2D eigenvalue weighted by atomic mass is 16.3. The molecule has 0 aliphatic carbocycles. The normalized spacial score (nSPS) is 17.2. The lowest BCUT2D eigenvalue weighted by Crippen LogP contribution is -2.31. The second-order valence-corrected chi connectivity index (χ2v) is 9.22. The van der Waals surface area contributed by atoms with Gasteiger partial charge < -0.3 is 20.1 Å². The van der Waals surface area contributed by atoms with Gasteiger partial charge in [-0.05, 0) is 46.5 Å². The minimum absolute atomic E-state index is 0.0184. The predicted molar refractivity (Wildman–Crippen MR) is 143 cm³/mol. The number of carbonyl (C=O) groups excluding carboxylic acids is 2. The van der Waals surface area contributed by atoms with E-state index in [1.807, 2.05) is 66.9 Å². The van der Waals surface area contributed by atoms with E-state index in [1.54, 1.807) is 18.2 Å². The lowest BCUT2D eigenvalue weighted by molar-refractivity contribution is -0.139. The minimum atomic E-state index is -0.837. The van der Waals surface area contributed by atoms with E-state index < -0.39 is 17.7 Å². The zero-order valence-corrected chi connectivity index (χ0v) is 19.9. The molecule has 0 saturated carbocycles. The number of aliphatic hydroxyl groups is 1. The Morgan fingerprint density at radius 3 is 2.43 bits per heavy atom. The Labute approximate surface area is 213 Å². The monoisotopic (exact) mass is 488 g/mol. The molecule has 1 saturated heterocycles. The van der Waals surface area contributed by atoms with Gasteiger partial charge in [-0.2, -0.15) is 0 Å². The molecule has 0 spiro atoms. The molecule has 0 bridgehead atoms. The van der Waals surface area contributed by atoms with Crippen LogP contribution < -0.4 is 0 Å². The molecule has 1 aromatic heterocycles. The average molecular weight is 489 g/mol. The van der Waals surface area contributed by atoms with Crippen molar-refractivity contribution in [2.45, 2.75) is 12.5 Å². The van der Waals surface area contributed by atoms with Gasteiger partial charge in [0.2, 0.25) is 0 Å². The number of likely N-dealkylation sites (tertiary alicyclic amines) is 1. The predicted octanol–water partition coefficient (Wildman–Crippen LogP) is 5.69. The molecule has 182 valence electrons. The van der Waals surface area contributed by atoms with E-state index in [4.69, 9.17) is 0 Å². The number of aliphatic hydroxyl groups excluding tert-OH is 1. The summed E-state index contributed by atoms with van der Waals surface area (Å²) in [7, 11) is 0. The number of rotatable bonds is 5. The van der Waals surface area contributed by atoms with E-state index in [9.17, 15) is 19.8 Å². The number of ketones is 1. The van der Waals surface area contributed by atoms with E-state index in [0.29, 0.717) is 17.5 Å². The molecule has 1 fully saturated rings. The van der Waals surface area contributed by atoms with Crippen LogP contribution in [0.1, 0.15) is 22.7 Å². The minimum Gasteiger partial charge on any atom is -0.508 e. The van der Waals surface area contributed by atoms with Crippen molar-refractivity contribution in [1.82, 2.24) is 9.88 Å². The van der Waals surface area contributed by atoms with Crippen LogP contribution in [0.4, 0.5) is 0 Å². The van der Waals surface area contributed by atoms with Gasteiger partial charge in [-0.3, -0.25) is 9.59 Å². The summed E-state index contributed by atoms with van der Waals surface area (Å²) in [5.74, 6) is -1.62. The van der Waals surface area contributed by atoms with Crippen molar-refractivity contribution in [3.05, 3.63) is 119 Å². The lowest BCUT2D eigenvalue weighted by atomic mass is 9.93. The Morgan fingerprint density at radius 1 is 0.865 bits per heavy atom. The molecule has 0 radical (unpaired) electrons. The number of hydrogen-bond donors (Lipinski definition) is 3. The summed E-state index contributed by atoms with van der Waals surface area (Å²) >= 11 is 0. The Kier molecular flexibility index (Phi) is 5.49. The molecule has 2 heterocycles. The number of hydrogen-bond acceptors (Lipinski definition) is 4. The summed E-state index contributed by atoms with van der Waals surface area (Å²) in [5.41, 5.74) is 3.09. The van der Waals surface area contributed by atoms with Gasteiger partial charge in [-0.15, -0.1) is 0 Å². The number of carbonyl (C=O) groups is 2. The summed E-state index contributed by atoms with van der Waals surface area (Å²) in [4.78, 5) is 31.5. The van der Waals surface area contributed by atoms with Gasteiger partial charge in [-0.25, -0.2) is 0 Å². The van der Waals surface area contributed by atoms with Gasteiger partial charge in [0.15, 0.2) is 0 Å². The maximum absolute atomic E-state index is 13.4. The molecule has 4 aromatic carbocycles.